The summed E-state index contributed by atoms with van der Waals surface area (Å²) in [5, 5.41) is 7.12. The number of nitrogens with zero attached hydrogens (tertiary/aromatic N) is 2. The van der Waals surface area contributed by atoms with Crippen molar-refractivity contribution in [3.63, 3.8) is 0 Å². The number of fused-ring (bicyclic) bond motifs is 1. The average molecular weight is 420 g/mol. The summed E-state index contributed by atoms with van der Waals surface area (Å²) < 4.78 is 48.2. The summed E-state index contributed by atoms with van der Waals surface area (Å²) in [5.74, 6) is -0.575. The maximum Gasteiger partial charge on any atom is 0.490 e. The van der Waals surface area contributed by atoms with Gasteiger partial charge < -0.3 is 19.3 Å². The number of hydrogen-bond donors (Lipinski definition) is 1. The number of methoxy groups -OCH3 is 3. The number of hydrogen-bond acceptors (Lipinski definition) is 6. The highest BCUT2D eigenvalue weighted by atomic mass is 19.4. The van der Waals surface area contributed by atoms with Crippen LogP contribution < -0.4 is 14.2 Å². The van der Waals surface area contributed by atoms with E-state index in [4.69, 9.17) is 24.1 Å². The average Bonchev–Trinajstić information content (AvgIpc) is 3.15. The van der Waals surface area contributed by atoms with E-state index in [1.165, 1.54) is 25.9 Å². The quantitative estimate of drug-likeness (QED) is 0.785. The smallest absolute Gasteiger partial charge is 0.490 e. The molecule has 1 N–H and O–H groups in total. The first-order chi connectivity index (χ1) is 13.7. The minimum atomic E-state index is -5.08. The number of carbonyl (C=O) groups is 1. The summed E-state index contributed by atoms with van der Waals surface area (Å²) in [6.45, 7) is 5.62. The molecule has 164 valence electrons. The Balaban J connectivity index is 0.000000370. The molecule has 0 amide bonds. The van der Waals surface area contributed by atoms with Crippen LogP contribution in [0, 0.1) is 0 Å². The lowest BCUT2D eigenvalue weighted by molar-refractivity contribution is -0.192. The number of halogens is 3. The van der Waals surface area contributed by atoms with Crippen LogP contribution in [0.25, 0.3) is 0 Å². The van der Waals surface area contributed by atoms with Crippen LogP contribution in [0.2, 0.25) is 0 Å². The third-order valence-electron chi connectivity index (χ3n) is 5.09. The Bertz CT molecular complexity index is 699. The van der Waals surface area contributed by atoms with Gasteiger partial charge in [-0.05, 0) is 25.5 Å². The van der Waals surface area contributed by atoms with Gasteiger partial charge in [-0.2, -0.15) is 13.2 Å². The number of alkyl halides is 3. The molecule has 1 aromatic rings. The highest BCUT2D eigenvalue weighted by Gasteiger charge is 2.38. The Labute approximate surface area is 167 Å². The zero-order valence-corrected chi connectivity index (χ0v) is 16.8. The van der Waals surface area contributed by atoms with Gasteiger partial charge in [-0.25, -0.2) is 4.79 Å². The Kier molecular flexibility index (Phi) is 7.97. The van der Waals surface area contributed by atoms with Crippen molar-refractivity contribution in [2.45, 2.75) is 31.6 Å². The summed E-state index contributed by atoms with van der Waals surface area (Å²) in [4.78, 5) is 14.0. The fourth-order valence-electron chi connectivity index (χ4n) is 3.73. The molecule has 2 aliphatic heterocycles. The largest absolute Gasteiger partial charge is 0.493 e. The zero-order chi connectivity index (χ0) is 21.6. The van der Waals surface area contributed by atoms with E-state index in [0.717, 1.165) is 37.0 Å². The molecule has 1 aromatic carbocycles. The van der Waals surface area contributed by atoms with Gasteiger partial charge in [0.05, 0.1) is 21.3 Å². The van der Waals surface area contributed by atoms with E-state index in [2.05, 4.69) is 15.9 Å². The molecule has 2 fully saturated rings. The van der Waals surface area contributed by atoms with Crippen LogP contribution in [0.3, 0.4) is 0 Å². The molecule has 0 aliphatic carbocycles. The molecular weight excluding hydrogens is 393 g/mol. The SMILES string of the molecule is COc1ccc(CN2CCN3CCCC3C2)c(OC)c1OC.O=C(O)C(F)(F)F. The summed E-state index contributed by atoms with van der Waals surface area (Å²) in [7, 11) is 4.99. The predicted molar refractivity (Wildman–Crippen MR) is 99.7 cm³/mol. The highest BCUT2D eigenvalue weighted by Crippen LogP contribution is 2.40. The third-order valence-corrected chi connectivity index (χ3v) is 5.09. The van der Waals surface area contributed by atoms with Crippen LogP contribution in [0.15, 0.2) is 12.1 Å². The Morgan fingerprint density at radius 1 is 1.10 bits per heavy atom. The van der Waals surface area contributed by atoms with Crippen molar-refractivity contribution in [1.82, 2.24) is 9.80 Å². The Hall–Kier alpha value is -2.20. The van der Waals surface area contributed by atoms with E-state index in [9.17, 15) is 13.2 Å². The minimum Gasteiger partial charge on any atom is -0.493 e. The molecule has 2 heterocycles. The molecule has 0 saturated carbocycles. The van der Waals surface area contributed by atoms with Crippen LogP contribution in [0.5, 0.6) is 17.2 Å². The van der Waals surface area contributed by atoms with Gasteiger partial charge in [0.25, 0.3) is 0 Å². The van der Waals surface area contributed by atoms with Crippen molar-refractivity contribution in [2.75, 3.05) is 47.5 Å². The van der Waals surface area contributed by atoms with E-state index >= 15 is 0 Å². The highest BCUT2D eigenvalue weighted by molar-refractivity contribution is 5.73. The number of aliphatic carboxylic acids is 1. The lowest BCUT2D eigenvalue weighted by Crippen LogP contribution is -2.49. The molecule has 2 aliphatic rings. The monoisotopic (exact) mass is 420 g/mol. The summed E-state index contributed by atoms with van der Waals surface area (Å²) >= 11 is 0. The van der Waals surface area contributed by atoms with Gasteiger partial charge in [0.1, 0.15) is 0 Å². The van der Waals surface area contributed by atoms with E-state index in [1.54, 1.807) is 21.3 Å². The fraction of sp³-hybridized carbons (Fsp3) is 0.632. The minimum absolute atomic E-state index is 0.682. The number of carboxylic acid groups (broad SMARTS) is 1. The van der Waals surface area contributed by atoms with E-state index in [0.29, 0.717) is 11.5 Å². The summed E-state index contributed by atoms with van der Waals surface area (Å²) in [6.07, 6.45) is -2.41. The maximum atomic E-state index is 10.6. The number of rotatable bonds is 5. The summed E-state index contributed by atoms with van der Waals surface area (Å²) in [5.41, 5.74) is 1.16. The molecule has 1 atom stereocenters. The van der Waals surface area contributed by atoms with Crippen molar-refractivity contribution in [3.8, 4) is 17.2 Å². The topological polar surface area (TPSA) is 71.5 Å². The van der Waals surface area contributed by atoms with Gasteiger partial charge in [-0.3, -0.25) is 9.80 Å². The van der Waals surface area contributed by atoms with Crippen molar-refractivity contribution in [2.24, 2.45) is 0 Å². The van der Waals surface area contributed by atoms with E-state index in [-0.39, 0.29) is 0 Å². The van der Waals surface area contributed by atoms with Gasteiger partial charge in [-0.1, -0.05) is 6.07 Å². The zero-order valence-electron chi connectivity index (χ0n) is 16.8. The van der Waals surface area contributed by atoms with Gasteiger partial charge in [0.15, 0.2) is 11.5 Å². The van der Waals surface area contributed by atoms with Gasteiger partial charge in [0.2, 0.25) is 5.75 Å². The van der Waals surface area contributed by atoms with Crippen LogP contribution in [0.4, 0.5) is 13.2 Å². The first kappa shape index (κ1) is 23.1. The molecule has 0 bridgehead atoms. The predicted octanol–water partition coefficient (Wildman–Crippen LogP) is 2.63. The molecule has 1 unspecified atom stereocenters. The molecule has 10 heteroatoms. The number of ether oxygens (including phenoxy) is 3. The number of benzene rings is 1. The lowest BCUT2D eigenvalue weighted by Gasteiger charge is -2.37. The Morgan fingerprint density at radius 2 is 1.76 bits per heavy atom. The second-order valence-electron chi connectivity index (χ2n) is 6.86. The van der Waals surface area contributed by atoms with E-state index in [1.807, 2.05) is 6.07 Å². The van der Waals surface area contributed by atoms with Crippen LogP contribution in [-0.4, -0.2) is 80.6 Å². The molecule has 0 radical (unpaired) electrons. The van der Waals surface area contributed by atoms with Crippen molar-refractivity contribution >= 4 is 5.97 Å². The third kappa shape index (κ3) is 5.89. The summed E-state index contributed by atoms with van der Waals surface area (Å²) in [6, 6.07) is 4.78. The van der Waals surface area contributed by atoms with Crippen molar-refractivity contribution in [3.05, 3.63) is 17.7 Å². The fourth-order valence-corrected chi connectivity index (χ4v) is 3.73. The number of piperazine rings is 1. The van der Waals surface area contributed by atoms with Gasteiger partial charge >= 0.3 is 12.1 Å². The molecule has 2 saturated heterocycles. The molecule has 29 heavy (non-hydrogen) atoms. The van der Waals surface area contributed by atoms with Gasteiger partial charge in [-0.15, -0.1) is 0 Å². The second-order valence-corrected chi connectivity index (χ2v) is 6.86. The Morgan fingerprint density at radius 3 is 2.31 bits per heavy atom. The van der Waals surface area contributed by atoms with Crippen LogP contribution in [0.1, 0.15) is 18.4 Å². The first-order valence-corrected chi connectivity index (χ1v) is 9.25. The van der Waals surface area contributed by atoms with Crippen LogP contribution in [-0.2, 0) is 11.3 Å². The standard InChI is InChI=1S/C17H26N2O3.C2HF3O2/c1-20-15-7-6-13(16(21-2)17(15)22-3)11-18-9-10-19-8-4-5-14(19)12-18;3-2(4,5)1(6)7/h6-7,14H,4-5,8-12H2,1-3H3;(H,6,7). The second kappa shape index (κ2) is 10.0. The maximum absolute atomic E-state index is 10.6. The molecule has 7 nitrogen and oxygen atoms in total. The first-order valence-electron chi connectivity index (χ1n) is 9.25. The van der Waals surface area contributed by atoms with Crippen molar-refractivity contribution < 1.29 is 37.3 Å². The molecule has 0 spiro atoms. The normalized spacial score (nSPS) is 19.7. The number of carboxylic acids is 1. The van der Waals surface area contributed by atoms with Gasteiger partial charge in [0, 0.05) is 37.8 Å². The lowest BCUT2D eigenvalue weighted by atomic mass is 10.1. The van der Waals surface area contributed by atoms with Crippen molar-refractivity contribution in [1.29, 1.82) is 0 Å². The molecule has 0 aromatic heterocycles. The molecular formula is C19H27F3N2O5. The van der Waals surface area contributed by atoms with Crippen LogP contribution >= 0.6 is 0 Å². The van der Waals surface area contributed by atoms with E-state index < -0.39 is 12.1 Å². The molecule has 3 rings (SSSR count).